The zero-order valence-electron chi connectivity index (χ0n) is 13.9. The number of hydrogen-bond acceptors (Lipinski definition) is 4. The van der Waals surface area contributed by atoms with Crippen LogP contribution in [0.2, 0.25) is 0 Å². The zero-order valence-corrected chi connectivity index (χ0v) is 14.7. The van der Waals surface area contributed by atoms with Gasteiger partial charge in [0.2, 0.25) is 5.91 Å². The number of benzene rings is 2. The second-order valence-corrected chi connectivity index (χ2v) is 7.27. The van der Waals surface area contributed by atoms with Gasteiger partial charge in [0.25, 0.3) is 0 Å². The average molecular weight is 357 g/mol. The molecule has 1 N–H and O–H groups in total. The van der Waals surface area contributed by atoms with Gasteiger partial charge in [-0.2, -0.15) is 0 Å². The predicted molar refractivity (Wildman–Crippen MR) is 96.0 cm³/mol. The second-order valence-electron chi connectivity index (χ2n) is 5.16. The van der Waals surface area contributed by atoms with Gasteiger partial charge in [-0.3, -0.25) is 4.79 Å². The summed E-state index contributed by atoms with van der Waals surface area (Å²) < 4.78 is 29.4. The number of rotatable bonds is 6. The van der Waals surface area contributed by atoms with Gasteiger partial charge in [-0.1, -0.05) is 42.2 Å². The quantitative estimate of drug-likeness (QED) is 0.803. The molecular weight excluding hydrogens is 338 g/mol. The number of sulfone groups is 1. The minimum atomic E-state index is -3.45. The van der Waals surface area contributed by atoms with Crippen molar-refractivity contribution in [2.75, 3.05) is 19.4 Å². The molecule has 0 aromatic heterocycles. The molecule has 25 heavy (non-hydrogen) atoms. The standard InChI is InChI=1S/C19H19NO4S/c1-24-18-12-6-5-8-16(18)9-7-14-20-19(21)13-15-25(22,23)17-10-3-2-4-11-17/h2-6,8,10-12H,13-15H2,1H3,(H,20,21). The Morgan fingerprint density at radius 1 is 1.08 bits per heavy atom. The monoisotopic (exact) mass is 357 g/mol. The number of para-hydroxylation sites is 1. The molecule has 0 unspecified atom stereocenters. The van der Waals surface area contributed by atoms with Gasteiger partial charge in [-0.25, -0.2) is 8.42 Å². The first kappa shape index (κ1) is 18.6. The third-order valence-electron chi connectivity index (χ3n) is 3.40. The summed E-state index contributed by atoms with van der Waals surface area (Å²) >= 11 is 0. The van der Waals surface area contributed by atoms with E-state index in [1.54, 1.807) is 31.4 Å². The molecule has 0 fully saturated rings. The normalized spacial score (nSPS) is 10.4. The Hall–Kier alpha value is -2.78. The number of hydrogen-bond donors (Lipinski definition) is 1. The van der Waals surface area contributed by atoms with E-state index in [0.29, 0.717) is 5.75 Å². The number of carbonyl (C=O) groups is 1. The predicted octanol–water partition coefficient (Wildman–Crippen LogP) is 2.03. The molecule has 0 heterocycles. The first-order chi connectivity index (χ1) is 12.0. The van der Waals surface area contributed by atoms with Gasteiger partial charge in [0, 0.05) is 6.42 Å². The van der Waals surface area contributed by atoms with Crippen LogP contribution in [0.1, 0.15) is 12.0 Å². The molecule has 5 nitrogen and oxygen atoms in total. The number of ether oxygens (including phenoxy) is 1. The topological polar surface area (TPSA) is 72.5 Å². The number of methoxy groups -OCH3 is 1. The Kier molecular flexibility index (Phi) is 6.61. The van der Waals surface area contributed by atoms with E-state index in [2.05, 4.69) is 17.2 Å². The van der Waals surface area contributed by atoms with Crippen LogP contribution in [0.15, 0.2) is 59.5 Å². The van der Waals surface area contributed by atoms with E-state index in [0.717, 1.165) is 5.56 Å². The van der Waals surface area contributed by atoms with E-state index in [9.17, 15) is 13.2 Å². The van der Waals surface area contributed by atoms with E-state index in [1.165, 1.54) is 12.1 Å². The molecule has 0 bridgehead atoms. The van der Waals surface area contributed by atoms with Crippen molar-refractivity contribution < 1.29 is 17.9 Å². The Bertz CT molecular complexity index is 880. The summed E-state index contributed by atoms with van der Waals surface area (Å²) in [6, 6.07) is 15.4. The van der Waals surface area contributed by atoms with Crippen LogP contribution in [-0.4, -0.2) is 33.7 Å². The summed E-state index contributed by atoms with van der Waals surface area (Å²) in [6.45, 7) is 0.141. The van der Waals surface area contributed by atoms with Gasteiger partial charge < -0.3 is 10.1 Å². The van der Waals surface area contributed by atoms with Crippen LogP contribution in [0.3, 0.4) is 0 Å². The third kappa shape index (κ3) is 5.66. The van der Waals surface area contributed by atoms with E-state index in [4.69, 9.17) is 4.74 Å². The van der Waals surface area contributed by atoms with Gasteiger partial charge >= 0.3 is 0 Å². The molecule has 0 saturated heterocycles. The summed E-state index contributed by atoms with van der Waals surface area (Å²) in [5, 5.41) is 2.60. The Morgan fingerprint density at radius 2 is 1.76 bits per heavy atom. The zero-order chi connectivity index (χ0) is 18.1. The lowest BCUT2D eigenvalue weighted by atomic mass is 10.2. The average Bonchev–Trinajstić information content (AvgIpc) is 2.64. The van der Waals surface area contributed by atoms with Crippen LogP contribution in [0.25, 0.3) is 0 Å². The maximum atomic E-state index is 12.1. The highest BCUT2D eigenvalue weighted by Gasteiger charge is 2.15. The first-order valence-electron chi connectivity index (χ1n) is 7.69. The highest BCUT2D eigenvalue weighted by molar-refractivity contribution is 7.91. The summed E-state index contributed by atoms with van der Waals surface area (Å²) in [4.78, 5) is 12.0. The van der Waals surface area contributed by atoms with Gasteiger partial charge in [-0.15, -0.1) is 0 Å². The summed E-state index contributed by atoms with van der Waals surface area (Å²) in [6.07, 6.45) is -0.104. The van der Waals surface area contributed by atoms with Gasteiger partial charge in [0.1, 0.15) is 5.75 Å². The van der Waals surface area contributed by atoms with Crippen molar-refractivity contribution in [1.82, 2.24) is 5.32 Å². The van der Waals surface area contributed by atoms with Crippen molar-refractivity contribution in [3.05, 3.63) is 60.2 Å². The van der Waals surface area contributed by atoms with Crippen LogP contribution in [-0.2, 0) is 14.6 Å². The Labute approximate surface area is 147 Å². The molecule has 6 heteroatoms. The lowest BCUT2D eigenvalue weighted by molar-refractivity contribution is -0.120. The van der Waals surface area contributed by atoms with Crippen LogP contribution >= 0.6 is 0 Å². The van der Waals surface area contributed by atoms with Crippen LogP contribution < -0.4 is 10.1 Å². The molecule has 0 spiro atoms. The molecule has 2 rings (SSSR count). The highest BCUT2D eigenvalue weighted by Crippen LogP contribution is 2.15. The van der Waals surface area contributed by atoms with Crippen molar-refractivity contribution >= 4 is 15.7 Å². The molecule has 1 amide bonds. The molecule has 2 aromatic carbocycles. The minimum absolute atomic E-state index is 0.104. The lowest BCUT2D eigenvalue weighted by Gasteiger charge is -2.04. The van der Waals surface area contributed by atoms with Crippen molar-refractivity contribution in [3.8, 4) is 17.6 Å². The number of carbonyl (C=O) groups excluding carboxylic acids is 1. The van der Waals surface area contributed by atoms with Crippen LogP contribution in [0, 0.1) is 11.8 Å². The molecular formula is C19H19NO4S. The fourth-order valence-electron chi connectivity index (χ4n) is 2.09. The van der Waals surface area contributed by atoms with Gasteiger partial charge in [-0.05, 0) is 24.3 Å². The second kappa shape index (κ2) is 8.90. The Balaban J connectivity index is 1.83. The van der Waals surface area contributed by atoms with Crippen molar-refractivity contribution in [3.63, 3.8) is 0 Å². The van der Waals surface area contributed by atoms with E-state index in [-0.39, 0.29) is 29.5 Å². The molecule has 0 aliphatic carbocycles. The van der Waals surface area contributed by atoms with E-state index < -0.39 is 9.84 Å². The van der Waals surface area contributed by atoms with Crippen LogP contribution in [0.5, 0.6) is 5.75 Å². The van der Waals surface area contributed by atoms with Crippen molar-refractivity contribution in [1.29, 1.82) is 0 Å². The molecule has 0 aliphatic rings. The van der Waals surface area contributed by atoms with Crippen molar-refractivity contribution in [2.24, 2.45) is 0 Å². The SMILES string of the molecule is COc1ccccc1C#CCNC(=O)CCS(=O)(=O)c1ccccc1. The summed E-state index contributed by atoms with van der Waals surface area (Å²) in [5.74, 6) is 5.81. The maximum Gasteiger partial charge on any atom is 0.221 e. The lowest BCUT2D eigenvalue weighted by Crippen LogP contribution is -2.25. The van der Waals surface area contributed by atoms with E-state index >= 15 is 0 Å². The smallest absolute Gasteiger partial charge is 0.221 e. The molecule has 0 aliphatic heterocycles. The fourth-order valence-corrected chi connectivity index (χ4v) is 3.35. The molecule has 130 valence electrons. The molecule has 0 saturated carbocycles. The number of amides is 1. The third-order valence-corrected chi connectivity index (χ3v) is 5.14. The van der Waals surface area contributed by atoms with Crippen molar-refractivity contribution in [2.45, 2.75) is 11.3 Å². The fraction of sp³-hybridized carbons (Fsp3) is 0.211. The molecule has 2 aromatic rings. The highest BCUT2D eigenvalue weighted by atomic mass is 32.2. The Morgan fingerprint density at radius 3 is 2.48 bits per heavy atom. The van der Waals surface area contributed by atoms with Crippen LogP contribution in [0.4, 0.5) is 0 Å². The maximum absolute atomic E-state index is 12.1. The molecule has 0 atom stereocenters. The summed E-state index contributed by atoms with van der Waals surface area (Å²) in [7, 11) is -1.89. The van der Waals surface area contributed by atoms with E-state index in [1.807, 2.05) is 18.2 Å². The largest absolute Gasteiger partial charge is 0.495 e. The van der Waals surface area contributed by atoms with Gasteiger partial charge in [0.05, 0.1) is 29.9 Å². The van der Waals surface area contributed by atoms with Gasteiger partial charge in [0.15, 0.2) is 9.84 Å². The minimum Gasteiger partial charge on any atom is -0.495 e. The summed E-state index contributed by atoms with van der Waals surface area (Å²) in [5.41, 5.74) is 0.728. The first-order valence-corrected chi connectivity index (χ1v) is 9.34. The number of nitrogens with one attached hydrogen (secondary N) is 1. The molecule has 0 radical (unpaired) electrons.